The SMILES string of the molecule is CC1(C(CC(=O)Nc2ccc(C3CCOCC3)cn2)C2CCC2)CC1. The number of rotatable bonds is 6. The predicted molar refractivity (Wildman–Crippen MR) is 98.4 cm³/mol. The lowest BCUT2D eigenvalue weighted by Gasteiger charge is -2.37. The Morgan fingerprint density at radius 2 is 2.04 bits per heavy atom. The summed E-state index contributed by atoms with van der Waals surface area (Å²) in [6, 6.07) is 4.07. The van der Waals surface area contributed by atoms with Gasteiger partial charge in [-0.25, -0.2) is 4.98 Å². The summed E-state index contributed by atoms with van der Waals surface area (Å²) in [5.41, 5.74) is 1.68. The Balaban J connectivity index is 1.34. The fraction of sp³-hybridized carbons (Fsp3) is 0.714. The van der Waals surface area contributed by atoms with Crippen LogP contribution in [-0.2, 0) is 9.53 Å². The average Bonchev–Trinajstić information content (AvgIpc) is 3.33. The van der Waals surface area contributed by atoms with Gasteiger partial charge in [-0.05, 0) is 60.5 Å². The minimum atomic E-state index is 0.136. The van der Waals surface area contributed by atoms with E-state index in [9.17, 15) is 4.79 Å². The molecule has 25 heavy (non-hydrogen) atoms. The van der Waals surface area contributed by atoms with E-state index in [1.807, 2.05) is 12.3 Å². The number of pyridine rings is 1. The smallest absolute Gasteiger partial charge is 0.225 e. The van der Waals surface area contributed by atoms with E-state index >= 15 is 0 Å². The zero-order valence-electron chi connectivity index (χ0n) is 15.3. The first-order valence-corrected chi connectivity index (χ1v) is 9.98. The molecule has 1 aliphatic heterocycles. The fourth-order valence-electron chi connectivity index (χ4n) is 4.54. The third-order valence-corrected chi connectivity index (χ3v) is 6.80. The first-order chi connectivity index (χ1) is 12.1. The van der Waals surface area contributed by atoms with Crippen molar-refractivity contribution in [3.05, 3.63) is 23.9 Å². The third-order valence-electron chi connectivity index (χ3n) is 6.80. The molecule has 4 rings (SSSR count). The lowest BCUT2D eigenvalue weighted by molar-refractivity contribution is -0.118. The first-order valence-electron chi connectivity index (χ1n) is 9.98. The molecule has 0 bridgehead atoms. The molecule has 4 nitrogen and oxygen atoms in total. The maximum atomic E-state index is 12.6. The summed E-state index contributed by atoms with van der Waals surface area (Å²) in [6.07, 6.45) is 11.3. The molecule has 0 radical (unpaired) electrons. The van der Waals surface area contributed by atoms with Crippen molar-refractivity contribution in [3.63, 3.8) is 0 Å². The van der Waals surface area contributed by atoms with E-state index in [1.165, 1.54) is 37.7 Å². The van der Waals surface area contributed by atoms with Crippen LogP contribution in [0.5, 0.6) is 0 Å². The zero-order chi connectivity index (χ0) is 17.3. The van der Waals surface area contributed by atoms with E-state index in [0.717, 1.165) is 32.0 Å². The second-order valence-corrected chi connectivity index (χ2v) is 8.57. The van der Waals surface area contributed by atoms with E-state index in [4.69, 9.17) is 4.74 Å². The number of nitrogens with zero attached hydrogens (tertiary/aromatic N) is 1. The largest absolute Gasteiger partial charge is 0.381 e. The molecule has 1 N–H and O–H groups in total. The highest BCUT2D eigenvalue weighted by Gasteiger charge is 2.49. The van der Waals surface area contributed by atoms with Gasteiger partial charge in [-0.1, -0.05) is 32.3 Å². The minimum Gasteiger partial charge on any atom is -0.381 e. The van der Waals surface area contributed by atoms with Gasteiger partial charge >= 0.3 is 0 Å². The third kappa shape index (κ3) is 3.89. The summed E-state index contributed by atoms with van der Waals surface area (Å²) in [4.78, 5) is 17.0. The molecular weight excluding hydrogens is 312 g/mol. The zero-order valence-corrected chi connectivity index (χ0v) is 15.3. The number of carbonyl (C=O) groups is 1. The maximum absolute atomic E-state index is 12.6. The average molecular weight is 342 g/mol. The molecule has 2 saturated carbocycles. The molecule has 1 aromatic rings. The van der Waals surface area contributed by atoms with Crippen molar-refractivity contribution in [1.29, 1.82) is 0 Å². The highest BCUT2D eigenvalue weighted by atomic mass is 16.5. The topological polar surface area (TPSA) is 51.2 Å². The number of carbonyl (C=O) groups excluding carboxylic acids is 1. The van der Waals surface area contributed by atoms with Gasteiger partial charge in [0.25, 0.3) is 0 Å². The van der Waals surface area contributed by atoms with Crippen molar-refractivity contribution in [2.75, 3.05) is 18.5 Å². The van der Waals surface area contributed by atoms with Crippen LogP contribution >= 0.6 is 0 Å². The summed E-state index contributed by atoms with van der Waals surface area (Å²) in [6.45, 7) is 4.04. The molecule has 0 spiro atoms. The number of nitrogens with one attached hydrogen (secondary N) is 1. The summed E-state index contributed by atoms with van der Waals surface area (Å²) < 4.78 is 5.42. The molecule has 0 aromatic carbocycles. The van der Waals surface area contributed by atoms with E-state index in [0.29, 0.717) is 29.5 Å². The number of amides is 1. The summed E-state index contributed by atoms with van der Waals surface area (Å²) in [5, 5.41) is 3.03. The molecule has 1 amide bonds. The van der Waals surface area contributed by atoms with Gasteiger partial charge in [-0.2, -0.15) is 0 Å². The summed E-state index contributed by atoms with van der Waals surface area (Å²) in [7, 11) is 0. The Labute approximate surface area is 150 Å². The van der Waals surface area contributed by atoms with Crippen LogP contribution in [0.25, 0.3) is 0 Å². The molecule has 1 saturated heterocycles. The monoisotopic (exact) mass is 342 g/mol. The predicted octanol–water partition coefficient (Wildman–Crippen LogP) is 4.52. The van der Waals surface area contributed by atoms with Crippen molar-refractivity contribution >= 4 is 11.7 Å². The van der Waals surface area contributed by atoms with Crippen LogP contribution in [0, 0.1) is 17.3 Å². The van der Waals surface area contributed by atoms with Crippen molar-refractivity contribution in [1.82, 2.24) is 4.98 Å². The standard InChI is InChI=1S/C21H30N2O2/c1-21(9-10-21)18(16-3-2-4-16)13-20(24)23-19-6-5-17(14-22-19)15-7-11-25-12-8-15/h5-6,14-16,18H,2-4,7-13H2,1H3,(H,22,23,24). The van der Waals surface area contributed by atoms with Crippen LogP contribution < -0.4 is 5.32 Å². The Kier molecular flexibility index (Phi) is 4.81. The molecule has 1 atom stereocenters. The Morgan fingerprint density at radius 1 is 1.28 bits per heavy atom. The molecular formula is C21H30N2O2. The molecule has 3 fully saturated rings. The van der Waals surface area contributed by atoms with Crippen molar-refractivity contribution in [2.24, 2.45) is 17.3 Å². The number of aromatic nitrogens is 1. The van der Waals surface area contributed by atoms with Gasteiger partial charge < -0.3 is 10.1 Å². The van der Waals surface area contributed by atoms with Crippen LogP contribution in [0.1, 0.15) is 69.8 Å². The lowest BCUT2D eigenvalue weighted by atomic mass is 9.68. The summed E-state index contributed by atoms with van der Waals surface area (Å²) in [5.74, 6) is 2.69. The van der Waals surface area contributed by atoms with Crippen LogP contribution in [-0.4, -0.2) is 24.1 Å². The van der Waals surface area contributed by atoms with Gasteiger partial charge in [0, 0.05) is 25.8 Å². The van der Waals surface area contributed by atoms with Crippen LogP contribution in [0.3, 0.4) is 0 Å². The number of anilines is 1. The van der Waals surface area contributed by atoms with Crippen LogP contribution in [0.4, 0.5) is 5.82 Å². The summed E-state index contributed by atoms with van der Waals surface area (Å²) >= 11 is 0. The molecule has 4 heteroatoms. The fourth-order valence-corrected chi connectivity index (χ4v) is 4.54. The van der Waals surface area contributed by atoms with Gasteiger partial charge in [0.15, 0.2) is 0 Å². The molecule has 2 aliphatic carbocycles. The van der Waals surface area contributed by atoms with Crippen LogP contribution in [0.15, 0.2) is 18.3 Å². The minimum absolute atomic E-state index is 0.136. The number of hydrogen-bond acceptors (Lipinski definition) is 3. The van der Waals surface area contributed by atoms with Gasteiger partial charge in [0.2, 0.25) is 5.91 Å². The normalized spacial score (nSPS) is 24.4. The lowest BCUT2D eigenvalue weighted by Crippen LogP contribution is -2.32. The first kappa shape index (κ1) is 17.0. The molecule has 2 heterocycles. The van der Waals surface area contributed by atoms with E-state index in [1.54, 1.807) is 0 Å². The number of hydrogen-bond donors (Lipinski definition) is 1. The van der Waals surface area contributed by atoms with Gasteiger partial charge in [0.05, 0.1) is 0 Å². The van der Waals surface area contributed by atoms with Crippen molar-refractivity contribution in [2.45, 2.75) is 64.2 Å². The Bertz CT molecular complexity index is 599. The molecule has 3 aliphatic rings. The second-order valence-electron chi connectivity index (χ2n) is 8.57. The maximum Gasteiger partial charge on any atom is 0.225 e. The van der Waals surface area contributed by atoms with Crippen LogP contribution in [0.2, 0.25) is 0 Å². The van der Waals surface area contributed by atoms with E-state index in [-0.39, 0.29) is 5.91 Å². The second kappa shape index (κ2) is 7.06. The number of ether oxygens (including phenoxy) is 1. The quantitative estimate of drug-likeness (QED) is 0.827. The van der Waals surface area contributed by atoms with Gasteiger partial charge in [-0.3, -0.25) is 4.79 Å². The van der Waals surface area contributed by atoms with Crippen molar-refractivity contribution in [3.8, 4) is 0 Å². The highest BCUT2D eigenvalue weighted by Crippen LogP contribution is 2.58. The molecule has 1 unspecified atom stereocenters. The molecule has 136 valence electrons. The Hall–Kier alpha value is -1.42. The Morgan fingerprint density at radius 3 is 2.60 bits per heavy atom. The molecule has 1 aromatic heterocycles. The van der Waals surface area contributed by atoms with E-state index < -0.39 is 0 Å². The van der Waals surface area contributed by atoms with Gasteiger partial charge in [-0.15, -0.1) is 0 Å². The highest BCUT2D eigenvalue weighted by molar-refractivity contribution is 5.90. The van der Waals surface area contributed by atoms with E-state index in [2.05, 4.69) is 23.3 Å². The van der Waals surface area contributed by atoms with Gasteiger partial charge in [0.1, 0.15) is 5.82 Å². The van der Waals surface area contributed by atoms with Crippen molar-refractivity contribution < 1.29 is 9.53 Å².